The van der Waals surface area contributed by atoms with E-state index in [2.05, 4.69) is 38.0 Å². The third-order valence-electron chi connectivity index (χ3n) is 4.89. The van der Waals surface area contributed by atoms with Gasteiger partial charge in [-0.05, 0) is 54.8 Å². The predicted molar refractivity (Wildman–Crippen MR) is 117 cm³/mol. The number of nitrogens with one attached hydrogen (secondary N) is 1. The number of fused-ring (bicyclic) bond motifs is 1. The Morgan fingerprint density at radius 2 is 2.03 bits per heavy atom. The van der Waals surface area contributed by atoms with Crippen molar-refractivity contribution in [3.63, 3.8) is 0 Å². The first-order chi connectivity index (χ1) is 13.7. The van der Waals surface area contributed by atoms with Crippen molar-refractivity contribution >= 4 is 43.6 Å². The lowest BCUT2D eigenvalue weighted by Crippen LogP contribution is -2.37. The summed E-state index contributed by atoms with van der Waals surface area (Å²) < 4.78 is 7.06. The number of ether oxygens (including phenoxy) is 1. The largest absolute Gasteiger partial charge is 0.444 e. The average Bonchev–Trinajstić information content (AvgIpc) is 3.24. The monoisotopic (exact) mass is 475 g/mol. The molecule has 1 aliphatic heterocycles. The number of likely N-dealkylation sites (tertiary alicyclic amines) is 1. The molecule has 0 aliphatic carbocycles. The summed E-state index contributed by atoms with van der Waals surface area (Å²) in [5.74, 6) is 0.640. The third-order valence-corrected chi connectivity index (χ3v) is 6.51. The number of hydrogen-bond donors (Lipinski definition) is 1. The Morgan fingerprint density at radius 3 is 2.72 bits per heavy atom. The van der Waals surface area contributed by atoms with Gasteiger partial charge in [0.2, 0.25) is 0 Å². The number of nitrogens with zero attached hydrogens (tertiary/aromatic N) is 2. The lowest BCUT2D eigenvalue weighted by atomic mass is 9.96. The van der Waals surface area contributed by atoms with E-state index < -0.39 is 11.7 Å². The van der Waals surface area contributed by atoms with Crippen molar-refractivity contribution < 1.29 is 9.53 Å². The van der Waals surface area contributed by atoms with Crippen molar-refractivity contribution in [1.82, 2.24) is 14.9 Å². The first-order valence-electron chi connectivity index (χ1n) is 9.45. The Morgan fingerprint density at radius 1 is 1.31 bits per heavy atom. The quantitative estimate of drug-likeness (QED) is 0.551. The highest BCUT2D eigenvalue weighted by Crippen LogP contribution is 2.40. The zero-order chi connectivity index (χ0) is 20.8. The molecule has 0 bridgehead atoms. The van der Waals surface area contributed by atoms with Crippen LogP contribution >= 0.6 is 27.3 Å². The van der Waals surface area contributed by atoms with Gasteiger partial charge in [-0.25, -0.2) is 9.78 Å². The minimum Gasteiger partial charge on any atom is -0.444 e. The van der Waals surface area contributed by atoms with Gasteiger partial charge in [0.05, 0.1) is 15.3 Å². The minimum atomic E-state index is -0.602. The van der Waals surface area contributed by atoms with Crippen molar-refractivity contribution in [2.75, 3.05) is 6.54 Å². The van der Waals surface area contributed by atoms with E-state index in [1.165, 1.54) is 11.3 Å². The number of carbonyl (C=O) groups is 1. The van der Waals surface area contributed by atoms with Crippen LogP contribution in [0.1, 0.15) is 50.5 Å². The standard InChI is InChI=1S/C21H22BrN3O3S/c1-21(2,3)28-20(27)25-11-13(12-7-5-4-6-8-12)9-15(25)18-23-14-10-16(22)29-17(14)19(26)24-18/h4-8,10,13,15H,9,11H2,1-3H3,(H,23,24,26)/t13-,15+/m1/s1. The van der Waals surface area contributed by atoms with E-state index in [1.54, 1.807) is 4.90 Å². The van der Waals surface area contributed by atoms with E-state index in [0.717, 1.165) is 9.35 Å². The van der Waals surface area contributed by atoms with Gasteiger partial charge in [-0.15, -0.1) is 11.3 Å². The second kappa shape index (κ2) is 7.57. The Labute approximate surface area is 181 Å². The van der Waals surface area contributed by atoms with Crippen LogP contribution in [0, 0.1) is 0 Å². The molecule has 3 aromatic rings. The number of rotatable bonds is 2. The van der Waals surface area contributed by atoms with Crippen molar-refractivity contribution in [3.05, 3.63) is 61.9 Å². The molecule has 8 heteroatoms. The van der Waals surface area contributed by atoms with Crippen LogP contribution in [-0.2, 0) is 4.74 Å². The summed E-state index contributed by atoms with van der Waals surface area (Å²) in [5.41, 5.74) is 1.00. The van der Waals surface area contributed by atoms with Crippen molar-refractivity contribution in [1.29, 1.82) is 0 Å². The topological polar surface area (TPSA) is 75.3 Å². The molecule has 2 aromatic heterocycles. The van der Waals surface area contributed by atoms with E-state index in [9.17, 15) is 9.59 Å². The maximum atomic E-state index is 13.0. The Hall–Kier alpha value is -2.19. The van der Waals surface area contributed by atoms with Gasteiger partial charge in [0.25, 0.3) is 5.56 Å². The van der Waals surface area contributed by atoms with Crippen LogP contribution in [0.5, 0.6) is 0 Å². The molecule has 1 amide bonds. The zero-order valence-electron chi connectivity index (χ0n) is 16.4. The number of aromatic nitrogens is 2. The second-order valence-corrected chi connectivity index (χ2v) is 10.6. The molecule has 1 fully saturated rings. The van der Waals surface area contributed by atoms with Gasteiger partial charge >= 0.3 is 6.09 Å². The summed E-state index contributed by atoms with van der Waals surface area (Å²) in [5, 5.41) is 0. The number of H-pyrrole nitrogens is 1. The molecule has 1 aliphatic rings. The maximum Gasteiger partial charge on any atom is 0.410 e. The number of thiophene rings is 1. The molecule has 0 radical (unpaired) electrons. The van der Waals surface area contributed by atoms with E-state index in [-0.39, 0.29) is 17.5 Å². The van der Waals surface area contributed by atoms with Gasteiger partial charge in [-0.1, -0.05) is 30.3 Å². The molecule has 29 heavy (non-hydrogen) atoms. The van der Waals surface area contributed by atoms with Crippen LogP contribution in [0.15, 0.2) is 45.0 Å². The van der Waals surface area contributed by atoms with E-state index in [0.29, 0.717) is 29.0 Å². The minimum absolute atomic E-state index is 0.143. The first-order valence-corrected chi connectivity index (χ1v) is 11.1. The van der Waals surface area contributed by atoms with Crippen molar-refractivity contribution in [3.8, 4) is 0 Å². The third kappa shape index (κ3) is 4.23. The van der Waals surface area contributed by atoms with Gasteiger partial charge in [-0.2, -0.15) is 0 Å². The van der Waals surface area contributed by atoms with Crippen LogP contribution in [0.4, 0.5) is 4.79 Å². The fraction of sp³-hybridized carbons (Fsp3) is 0.381. The molecule has 0 unspecified atom stereocenters. The number of hydrogen-bond acceptors (Lipinski definition) is 5. The number of aromatic amines is 1. The molecule has 0 spiro atoms. The van der Waals surface area contributed by atoms with E-state index in [4.69, 9.17) is 4.74 Å². The van der Waals surface area contributed by atoms with Crippen LogP contribution in [0.3, 0.4) is 0 Å². The Bertz CT molecular complexity index is 1100. The lowest BCUT2D eigenvalue weighted by molar-refractivity contribution is 0.0216. The van der Waals surface area contributed by atoms with Crippen LogP contribution < -0.4 is 5.56 Å². The summed E-state index contributed by atoms with van der Waals surface area (Å²) in [4.78, 5) is 34.8. The second-order valence-electron chi connectivity index (χ2n) is 8.21. The highest BCUT2D eigenvalue weighted by Gasteiger charge is 2.40. The van der Waals surface area contributed by atoms with E-state index in [1.807, 2.05) is 45.0 Å². The van der Waals surface area contributed by atoms with Crippen molar-refractivity contribution in [2.45, 2.75) is 44.8 Å². The molecular weight excluding hydrogens is 454 g/mol. The van der Waals surface area contributed by atoms with Gasteiger partial charge < -0.3 is 9.72 Å². The molecule has 4 rings (SSSR count). The van der Waals surface area contributed by atoms with Gasteiger partial charge in [0.15, 0.2) is 0 Å². The molecule has 1 aromatic carbocycles. The number of amides is 1. The molecule has 6 nitrogen and oxygen atoms in total. The summed E-state index contributed by atoms with van der Waals surface area (Å²) in [6.45, 7) is 6.05. The Balaban J connectivity index is 1.73. The highest BCUT2D eigenvalue weighted by atomic mass is 79.9. The van der Waals surface area contributed by atoms with Crippen LogP contribution in [0.25, 0.3) is 10.2 Å². The summed E-state index contributed by atoms with van der Waals surface area (Å²) in [6.07, 6.45) is 0.276. The summed E-state index contributed by atoms with van der Waals surface area (Å²) in [6, 6.07) is 11.6. The number of halogens is 1. The number of carbonyl (C=O) groups excluding carboxylic acids is 1. The summed E-state index contributed by atoms with van der Waals surface area (Å²) >= 11 is 4.76. The van der Waals surface area contributed by atoms with E-state index >= 15 is 0 Å². The molecule has 152 valence electrons. The Kier molecular flexibility index (Phi) is 5.25. The molecule has 1 saturated heterocycles. The molecule has 3 heterocycles. The first kappa shape index (κ1) is 20.1. The number of benzene rings is 1. The SMILES string of the molecule is CC(C)(C)OC(=O)N1C[C@H](c2ccccc2)C[C@H]1c1nc2cc(Br)sc2c(=O)[nH]1. The van der Waals surface area contributed by atoms with Crippen molar-refractivity contribution in [2.24, 2.45) is 0 Å². The smallest absolute Gasteiger partial charge is 0.410 e. The summed E-state index contributed by atoms with van der Waals surface area (Å²) in [7, 11) is 0. The van der Waals surface area contributed by atoms with Gasteiger partial charge in [0.1, 0.15) is 16.1 Å². The zero-order valence-corrected chi connectivity index (χ0v) is 18.8. The van der Waals surface area contributed by atoms with Gasteiger partial charge in [0, 0.05) is 12.5 Å². The molecule has 1 N–H and O–H groups in total. The van der Waals surface area contributed by atoms with Crippen LogP contribution in [0.2, 0.25) is 0 Å². The fourth-order valence-electron chi connectivity index (χ4n) is 3.67. The molecule has 2 atom stereocenters. The van der Waals surface area contributed by atoms with Crippen LogP contribution in [-0.4, -0.2) is 33.1 Å². The average molecular weight is 476 g/mol. The highest BCUT2D eigenvalue weighted by molar-refractivity contribution is 9.11. The normalized spacial score (nSPS) is 19.7. The maximum absolute atomic E-state index is 13.0. The molecular formula is C21H22BrN3O3S. The fourth-order valence-corrected chi connectivity index (χ4v) is 5.09. The lowest BCUT2D eigenvalue weighted by Gasteiger charge is -2.28. The predicted octanol–water partition coefficient (Wildman–Crippen LogP) is 5.21. The molecule has 0 saturated carbocycles. The van der Waals surface area contributed by atoms with Gasteiger partial charge in [-0.3, -0.25) is 9.69 Å².